The Hall–Kier alpha value is -3.41. The topological polar surface area (TPSA) is 79.4 Å². The van der Waals surface area contributed by atoms with Crippen LogP contribution < -0.4 is 15.7 Å². The molecule has 0 atom stereocenters. The minimum Gasteiger partial charge on any atom is -0.493 e. The molecule has 6 heteroatoms. The summed E-state index contributed by atoms with van der Waals surface area (Å²) in [6.45, 7) is 2.38. The lowest BCUT2D eigenvalue weighted by molar-refractivity contribution is 0.322. The van der Waals surface area contributed by atoms with E-state index in [9.17, 15) is 4.79 Å². The molecule has 0 amide bonds. The molecule has 0 saturated heterocycles. The number of aryl methyl sites for hydroxylation is 1. The first-order valence-electron chi connectivity index (χ1n) is 8.33. The maximum Gasteiger partial charge on any atom is 0.252 e. The van der Waals surface area contributed by atoms with Crippen LogP contribution in [0.15, 0.2) is 70.6 Å². The number of rotatable bonds is 7. The summed E-state index contributed by atoms with van der Waals surface area (Å²) >= 11 is 0. The molecule has 1 aromatic heterocycles. The second-order valence-electron chi connectivity index (χ2n) is 5.76. The number of aromatic amines is 1. The molecule has 0 radical (unpaired) electrons. The van der Waals surface area contributed by atoms with E-state index in [0.29, 0.717) is 18.2 Å². The Kier molecular flexibility index (Phi) is 5.77. The molecule has 2 N–H and O–H groups in total. The second kappa shape index (κ2) is 8.62. The highest BCUT2D eigenvalue weighted by molar-refractivity contribution is 5.80. The minimum absolute atomic E-state index is 0.216. The van der Waals surface area contributed by atoms with Gasteiger partial charge in [0.25, 0.3) is 5.56 Å². The number of hydrazone groups is 1. The molecule has 0 unspecified atom stereocenters. The lowest BCUT2D eigenvalue weighted by Crippen LogP contribution is -2.10. The third kappa shape index (κ3) is 5.31. The van der Waals surface area contributed by atoms with Gasteiger partial charge in [0.1, 0.15) is 5.75 Å². The molecule has 2 aromatic carbocycles. The number of anilines is 1. The van der Waals surface area contributed by atoms with Crippen LogP contribution >= 0.6 is 0 Å². The van der Waals surface area contributed by atoms with Gasteiger partial charge in [-0.1, -0.05) is 30.3 Å². The monoisotopic (exact) mass is 348 g/mol. The fraction of sp³-hybridized carbons (Fsp3) is 0.150. The van der Waals surface area contributed by atoms with Gasteiger partial charge >= 0.3 is 0 Å². The summed E-state index contributed by atoms with van der Waals surface area (Å²) in [5.41, 5.74) is 5.29. The van der Waals surface area contributed by atoms with Crippen molar-refractivity contribution >= 4 is 12.2 Å². The quantitative estimate of drug-likeness (QED) is 0.508. The average Bonchev–Trinajstić information content (AvgIpc) is 2.63. The maximum atomic E-state index is 11.4. The first-order valence-corrected chi connectivity index (χ1v) is 8.33. The third-order valence-electron chi connectivity index (χ3n) is 3.64. The predicted molar refractivity (Wildman–Crippen MR) is 103 cm³/mol. The highest BCUT2D eigenvalue weighted by Gasteiger charge is 1.97. The van der Waals surface area contributed by atoms with Gasteiger partial charge in [-0.05, 0) is 42.3 Å². The molecule has 0 aliphatic carbocycles. The molecule has 0 aliphatic heterocycles. The number of benzene rings is 2. The molecule has 132 valence electrons. The van der Waals surface area contributed by atoms with Gasteiger partial charge in [0.05, 0.1) is 12.8 Å². The van der Waals surface area contributed by atoms with Gasteiger partial charge in [0, 0.05) is 18.2 Å². The van der Waals surface area contributed by atoms with E-state index in [2.05, 4.69) is 32.6 Å². The normalized spacial score (nSPS) is 10.8. The summed E-state index contributed by atoms with van der Waals surface area (Å²) in [5, 5.41) is 4.08. The van der Waals surface area contributed by atoms with Gasteiger partial charge in [0.2, 0.25) is 5.95 Å². The summed E-state index contributed by atoms with van der Waals surface area (Å²) in [6, 6.07) is 19.3. The fourth-order valence-corrected chi connectivity index (χ4v) is 2.38. The van der Waals surface area contributed by atoms with E-state index in [1.807, 2.05) is 42.5 Å². The number of nitrogens with one attached hydrogen (secondary N) is 2. The van der Waals surface area contributed by atoms with Crippen LogP contribution in [0.1, 0.15) is 16.8 Å². The lowest BCUT2D eigenvalue weighted by atomic mass is 10.2. The molecule has 0 spiro atoms. The van der Waals surface area contributed by atoms with E-state index in [-0.39, 0.29) is 5.56 Å². The summed E-state index contributed by atoms with van der Waals surface area (Å²) in [4.78, 5) is 18.1. The Balaban J connectivity index is 1.50. The highest BCUT2D eigenvalue weighted by atomic mass is 16.5. The summed E-state index contributed by atoms with van der Waals surface area (Å²) < 4.78 is 5.76. The zero-order valence-electron chi connectivity index (χ0n) is 14.5. The molecular weight excluding hydrogens is 328 g/mol. The number of hydrogen-bond donors (Lipinski definition) is 2. The standard InChI is InChI=1S/C20H20N4O2/c1-15-13-19(25)23-20(22-15)24-21-14-17-7-9-18(10-8-17)26-12-11-16-5-3-2-4-6-16/h2-10,13-14H,11-12H2,1H3,(H2,22,23,24,25)/b21-14+. The van der Waals surface area contributed by atoms with Crippen molar-refractivity contribution in [3.8, 4) is 5.75 Å². The van der Waals surface area contributed by atoms with Gasteiger partial charge in [-0.3, -0.25) is 9.78 Å². The van der Waals surface area contributed by atoms with Crippen LogP contribution in [0.2, 0.25) is 0 Å². The zero-order chi connectivity index (χ0) is 18.2. The van der Waals surface area contributed by atoms with Crippen molar-refractivity contribution in [1.29, 1.82) is 0 Å². The van der Waals surface area contributed by atoms with Crippen LogP contribution in [-0.4, -0.2) is 22.8 Å². The molecule has 26 heavy (non-hydrogen) atoms. The van der Waals surface area contributed by atoms with Gasteiger partial charge in [-0.2, -0.15) is 5.10 Å². The third-order valence-corrected chi connectivity index (χ3v) is 3.64. The molecule has 1 heterocycles. The van der Waals surface area contributed by atoms with E-state index >= 15 is 0 Å². The van der Waals surface area contributed by atoms with Crippen LogP contribution in [0, 0.1) is 6.92 Å². The van der Waals surface area contributed by atoms with E-state index in [1.54, 1.807) is 13.1 Å². The number of aromatic nitrogens is 2. The predicted octanol–water partition coefficient (Wildman–Crippen LogP) is 3.15. The van der Waals surface area contributed by atoms with E-state index < -0.39 is 0 Å². The molecule has 3 aromatic rings. The van der Waals surface area contributed by atoms with Crippen molar-refractivity contribution < 1.29 is 4.74 Å². The van der Waals surface area contributed by atoms with Gasteiger partial charge in [-0.25, -0.2) is 10.4 Å². The van der Waals surface area contributed by atoms with Gasteiger partial charge in [0.15, 0.2) is 0 Å². The van der Waals surface area contributed by atoms with E-state index in [0.717, 1.165) is 17.7 Å². The summed E-state index contributed by atoms with van der Waals surface area (Å²) in [6.07, 6.45) is 2.52. The fourth-order valence-electron chi connectivity index (χ4n) is 2.38. The largest absolute Gasteiger partial charge is 0.493 e. The number of ether oxygens (including phenoxy) is 1. The molecule has 0 aliphatic rings. The summed E-state index contributed by atoms with van der Waals surface area (Å²) in [5.74, 6) is 1.13. The van der Waals surface area contributed by atoms with E-state index in [4.69, 9.17) is 4.74 Å². The zero-order valence-corrected chi connectivity index (χ0v) is 14.5. The number of H-pyrrole nitrogens is 1. The van der Waals surface area contributed by atoms with Crippen molar-refractivity contribution in [2.45, 2.75) is 13.3 Å². The van der Waals surface area contributed by atoms with Crippen LogP contribution in [0.25, 0.3) is 0 Å². The Morgan fingerprint density at radius 1 is 1.15 bits per heavy atom. The molecule has 0 fully saturated rings. The minimum atomic E-state index is -0.216. The molecule has 0 saturated carbocycles. The maximum absolute atomic E-state index is 11.4. The Morgan fingerprint density at radius 2 is 1.92 bits per heavy atom. The van der Waals surface area contributed by atoms with Crippen molar-refractivity contribution in [3.05, 3.63) is 87.8 Å². The number of nitrogens with zero attached hydrogens (tertiary/aromatic N) is 2. The SMILES string of the molecule is Cc1cc(=O)[nH]c(N/N=C/c2ccc(OCCc3ccccc3)cc2)n1. The average molecular weight is 348 g/mol. The molecule has 3 rings (SSSR count). The second-order valence-corrected chi connectivity index (χ2v) is 5.76. The smallest absolute Gasteiger partial charge is 0.252 e. The Morgan fingerprint density at radius 3 is 2.65 bits per heavy atom. The van der Waals surface area contributed by atoms with Crippen molar-refractivity contribution in [2.24, 2.45) is 5.10 Å². The van der Waals surface area contributed by atoms with Crippen molar-refractivity contribution in [2.75, 3.05) is 12.0 Å². The highest BCUT2D eigenvalue weighted by Crippen LogP contribution is 2.12. The first-order chi connectivity index (χ1) is 12.7. The first kappa shape index (κ1) is 17.4. The lowest BCUT2D eigenvalue weighted by Gasteiger charge is -2.06. The molecular formula is C20H20N4O2. The van der Waals surface area contributed by atoms with Crippen LogP contribution in [0.4, 0.5) is 5.95 Å². The van der Waals surface area contributed by atoms with E-state index in [1.165, 1.54) is 11.6 Å². The summed E-state index contributed by atoms with van der Waals surface area (Å²) in [7, 11) is 0. The number of hydrogen-bond acceptors (Lipinski definition) is 5. The molecule has 0 bridgehead atoms. The van der Waals surface area contributed by atoms with Gasteiger partial charge < -0.3 is 4.74 Å². The molecule has 6 nitrogen and oxygen atoms in total. The van der Waals surface area contributed by atoms with Gasteiger partial charge in [-0.15, -0.1) is 0 Å². The van der Waals surface area contributed by atoms with Crippen LogP contribution in [-0.2, 0) is 6.42 Å². The Labute approximate surface area is 151 Å². The van der Waals surface area contributed by atoms with Crippen molar-refractivity contribution in [1.82, 2.24) is 9.97 Å². The van der Waals surface area contributed by atoms with Crippen LogP contribution in [0.5, 0.6) is 5.75 Å². The van der Waals surface area contributed by atoms with Crippen molar-refractivity contribution in [3.63, 3.8) is 0 Å². The Bertz CT molecular complexity index is 919. The van der Waals surface area contributed by atoms with Crippen LogP contribution in [0.3, 0.4) is 0 Å².